The molecular formula is C17H28N4O2. The highest BCUT2D eigenvalue weighted by Gasteiger charge is 2.36. The fourth-order valence-electron chi connectivity index (χ4n) is 3.80. The van der Waals surface area contributed by atoms with Crippen LogP contribution in [0.1, 0.15) is 44.0 Å². The van der Waals surface area contributed by atoms with Crippen LogP contribution in [0.15, 0.2) is 12.4 Å². The van der Waals surface area contributed by atoms with Crippen molar-refractivity contribution in [2.75, 3.05) is 26.8 Å². The van der Waals surface area contributed by atoms with E-state index in [1.165, 1.54) is 6.42 Å². The van der Waals surface area contributed by atoms with Crippen LogP contribution >= 0.6 is 0 Å². The molecule has 2 aliphatic rings. The maximum atomic E-state index is 12.2. The number of piperidine rings is 1. The maximum Gasteiger partial charge on any atom is 0.222 e. The van der Waals surface area contributed by atoms with E-state index in [1.54, 1.807) is 0 Å². The predicted molar refractivity (Wildman–Crippen MR) is 87.9 cm³/mol. The van der Waals surface area contributed by atoms with Gasteiger partial charge in [0.25, 0.3) is 0 Å². The topological polar surface area (TPSA) is 59.4 Å². The molecule has 0 spiro atoms. The Morgan fingerprint density at radius 3 is 2.96 bits per heavy atom. The van der Waals surface area contributed by atoms with E-state index in [0.717, 1.165) is 44.8 Å². The number of rotatable bonds is 4. The number of hydrogen-bond acceptors (Lipinski definition) is 4. The lowest BCUT2D eigenvalue weighted by atomic mass is 9.88. The molecule has 128 valence electrons. The molecule has 6 heteroatoms. The second kappa shape index (κ2) is 7.45. The molecule has 2 aliphatic heterocycles. The molecule has 0 saturated carbocycles. The van der Waals surface area contributed by atoms with E-state index in [1.807, 2.05) is 36.0 Å². The molecule has 1 aromatic rings. The van der Waals surface area contributed by atoms with Gasteiger partial charge in [-0.15, -0.1) is 0 Å². The molecule has 1 unspecified atom stereocenters. The highest BCUT2D eigenvalue weighted by molar-refractivity contribution is 5.77. The van der Waals surface area contributed by atoms with Crippen LogP contribution in [0.4, 0.5) is 0 Å². The molecule has 0 radical (unpaired) electrons. The van der Waals surface area contributed by atoms with Crippen LogP contribution in [0, 0.1) is 5.92 Å². The Balaban J connectivity index is 1.68. The summed E-state index contributed by atoms with van der Waals surface area (Å²) in [6.45, 7) is 2.66. The van der Waals surface area contributed by atoms with Gasteiger partial charge in [0.1, 0.15) is 5.82 Å². The number of carbonyl (C=O) groups excluding carboxylic acids is 1. The number of ether oxygens (including phenoxy) is 1. The van der Waals surface area contributed by atoms with Crippen LogP contribution in [0.3, 0.4) is 0 Å². The van der Waals surface area contributed by atoms with Crippen molar-refractivity contribution in [2.45, 2.75) is 44.2 Å². The minimum absolute atomic E-state index is 0.0609. The first kappa shape index (κ1) is 16.5. The number of nitrogens with one attached hydrogen (secondary N) is 1. The third-order valence-electron chi connectivity index (χ3n) is 5.23. The molecule has 23 heavy (non-hydrogen) atoms. The van der Waals surface area contributed by atoms with Crippen molar-refractivity contribution < 1.29 is 9.53 Å². The van der Waals surface area contributed by atoms with E-state index in [4.69, 9.17) is 4.74 Å². The fraction of sp³-hybridized carbons (Fsp3) is 0.765. The number of carbonyl (C=O) groups is 1. The fourth-order valence-corrected chi connectivity index (χ4v) is 3.80. The van der Waals surface area contributed by atoms with Gasteiger partial charge >= 0.3 is 0 Å². The van der Waals surface area contributed by atoms with E-state index in [0.29, 0.717) is 18.4 Å². The molecule has 0 bridgehead atoms. The lowest BCUT2D eigenvalue weighted by Gasteiger charge is -2.39. The van der Waals surface area contributed by atoms with E-state index in [9.17, 15) is 4.79 Å². The minimum atomic E-state index is 0.0609. The highest BCUT2D eigenvalue weighted by Crippen LogP contribution is 2.34. The molecule has 6 nitrogen and oxygen atoms in total. The number of imidazole rings is 1. The Kier molecular flexibility index (Phi) is 5.33. The summed E-state index contributed by atoms with van der Waals surface area (Å²) in [5.74, 6) is 1.61. The van der Waals surface area contributed by atoms with Crippen molar-refractivity contribution in [3.8, 4) is 0 Å². The monoisotopic (exact) mass is 320 g/mol. The Labute approximate surface area is 138 Å². The molecular weight excluding hydrogens is 292 g/mol. The summed E-state index contributed by atoms with van der Waals surface area (Å²) in [4.78, 5) is 18.5. The van der Waals surface area contributed by atoms with Gasteiger partial charge in [0.05, 0.1) is 6.04 Å². The normalized spacial score (nSPS) is 29.6. The average molecular weight is 320 g/mol. The largest absolute Gasteiger partial charge is 0.381 e. The van der Waals surface area contributed by atoms with Crippen molar-refractivity contribution in [1.29, 1.82) is 0 Å². The quantitative estimate of drug-likeness (QED) is 0.913. The summed E-state index contributed by atoms with van der Waals surface area (Å²) in [6.07, 6.45) is 8.71. The van der Waals surface area contributed by atoms with Gasteiger partial charge in [-0.25, -0.2) is 4.98 Å². The zero-order valence-corrected chi connectivity index (χ0v) is 14.2. The molecule has 3 rings (SSSR count). The van der Waals surface area contributed by atoms with Crippen LogP contribution in [0.5, 0.6) is 0 Å². The number of nitrogens with zero attached hydrogens (tertiary/aromatic N) is 3. The summed E-state index contributed by atoms with van der Waals surface area (Å²) >= 11 is 0. The van der Waals surface area contributed by atoms with Crippen molar-refractivity contribution in [3.63, 3.8) is 0 Å². The SMILES string of the molecule is CN1C(=O)CC[C@H](CNC2CCCOCC2)[C@H]1c1nccn1C. The van der Waals surface area contributed by atoms with E-state index < -0.39 is 0 Å². The maximum absolute atomic E-state index is 12.2. The second-order valence-corrected chi connectivity index (χ2v) is 6.79. The number of aromatic nitrogens is 2. The van der Waals surface area contributed by atoms with Gasteiger partial charge in [-0.1, -0.05) is 0 Å². The standard InChI is InChI=1S/C17H28N4O2/c1-20-9-8-18-17(20)16-13(5-6-15(22)21(16)2)12-19-14-4-3-10-23-11-7-14/h8-9,13-14,16,19H,3-7,10-12H2,1-2H3/t13-,14?,16+/m1/s1. The van der Waals surface area contributed by atoms with Gasteiger partial charge in [0, 0.05) is 58.7 Å². The summed E-state index contributed by atoms with van der Waals surface area (Å²) < 4.78 is 7.57. The first-order valence-electron chi connectivity index (χ1n) is 8.71. The van der Waals surface area contributed by atoms with Crippen molar-refractivity contribution >= 4 is 5.91 Å². The lowest BCUT2D eigenvalue weighted by molar-refractivity contribution is -0.137. The van der Waals surface area contributed by atoms with Crippen LogP contribution in [-0.4, -0.2) is 53.2 Å². The van der Waals surface area contributed by atoms with Gasteiger partial charge in [-0.05, 0) is 31.6 Å². The average Bonchev–Trinajstić information content (AvgIpc) is 2.81. The van der Waals surface area contributed by atoms with E-state index in [-0.39, 0.29) is 11.9 Å². The summed E-state index contributed by atoms with van der Waals surface area (Å²) in [5, 5.41) is 3.72. The summed E-state index contributed by atoms with van der Waals surface area (Å²) in [7, 11) is 3.91. The summed E-state index contributed by atoms with van der Waals surface area (Å²) in [6, 6.07) is 0.591. The van der Waals surface area contributed by atoms with Crippen molar-refractivity contribution in [3.05, 3.63) is 18.2 Å². The van der Waals surface area contributed by atoms with Gasteiger partial charge in [-0.3, -0.25) is 4.79 Å². The predicted octanol–water partition coefficient (Wildman–Crippen LogP) is 1.49. The van der Waals surface area contributed by atoms with Gasteiger partial charge in [0.2, 0.25) is 5.91 Å². The molecule has 2 saturated heterocycles. The molecule has 3 heterocycles. The molecule has 1 aromatic heterocycles. The van der Waals surface area contributed by atoms with Crippen LogP contribution in [0.25, 0.3) is 0 Å². The second-order valence-electron chi connectivity index (χ2n) is 6.79. The van der Waals surface area contributed by atoms with Gasteiger partial charge in [-0.2, -0.15) is 0 Å². The first-order valence-corrected chi connectivity index (χ1v) is 8.71. The Morgan fingerprint density at radius 1 is 1.30 bits per heavy atom. The molecule has 2 fully saturated rings. The molecule has 0 aliphatic carbocycles. The number of likely N-dealkylation sites (tertiary alicyclic amines) is 1. The summed E-state index contributed by atoms with van der Waals surface area (Å²) in [5.41, 5.74) is 0. The van der Waals surface area contributed by atoms with Gasteiger partial charge in [0.15, 0.2) is 0 Å². The Morgan fingerprint density at radius 2 is 2.17 bits per heavy atom. The number of aryl methyl sites for hydroxylation is 1. The molecule has 1 N–H and O–H groups in total. The number of amides is 1. The molecule has 1 amide bonds. The minimum Gasteiger partial charge on any atom is -0.381 e. The molecule has 0 aromatic carbocycles. The highest BCUT2D eigenvalue weighted by atomic mass is 16.5. The van der Waals surface area contributed by atoms with Crippen LogP contribution in [-0.2, 0) is 16.6 Å². The van der Waals surface area contributed by atoms with E-state index in [2.05, 4.69) is 10.3 Å². The molecule has 3 atom stereocenters. The Bertz CT molecular complexity index is 522. The van der Waals surface area contributed by atoms with Crippen LogP contribution in [0.2, 0.25) is 0 Å². The van der Waals surface area contributed by atoms with Crippen LogP contribution < -0.4 is 5.32 Å². The smallest absolute Gasteiger partial charge is 0.222 e. The Hall–Kier alpha value is -1.40. The van der Waals surface area contributed by atoms with Crippen molar-refractivity contribution in [1.82, 2.24) is 19.8 Å². The first-order chi connectivity index (χ1) is 11.2. The zero-order valence-electron chi connectivity index (χ0n) is 14.2. The van der Waals surface area contributed by atoms with Gasteiger partial charge < -0.3 is 19.5 Å². The lowest BCUT2D eigenvalue weighted by Crippen LogP contribution is -2.46. The van der Waals surface area contributed by atoms with Crippen molar-refractivity contribution in [2.24, 2.45) is 13.0 Å². The number of hydrogen-bond donors (Lipinski definition) is 1. The van der Waals surface area contributed by atoms with E-state index >= 15 is 0 Å². The third-order valence-corrected chi connectivity index (χ3v) is 5.23. The third kappa shape index (κ3) is 3.75. The zero-order chi connectivity index (χ0) is 16.2.